The van der Waals surface area contributed by atoms with Crippen LogP contribution in [0.15, 0.2) is 4.47 Å². The molecule has 0 aliphatic carbocycles. The number of hydrogen-bond donors (Lipinski definition) is 0. The van der Waals surface area contributed by atoms with E-state index in [1.165, 1.54) is 0 Å². The Bertz CT molecular complexity index is 379. The minimum Gasteiger partial charge on any atom is -0.378 e. The van der Waals surface area contributed by atoms with Crippen LogP contribution in [0, 0.1) is 0 Å². The van der Waals surface area contributed by atoms with Gasteiger partial charge in [0.2, 0.25) is 0 Å². The second kappa shape index (κ2) is 7.56. The molecule has 0 fully saturated rings. The van der Waals surface area contributed by atoms with Crippen molar-refractivity contribution in [1.29, 1.82) is 0 Å². The zero-order valence-corrected chi connectivity index (χ0v) is 13.3. The molecule has 17 heavy (non-hydrogen) atoms. The smallest absolute Gasteiger partial charge is 0.147 e. The van der Waals surface area contributed by atoms with Crippen LogP contribution in [0.5, 0.6) is 0 Å². The number of ether oxygens (including phenoxy) is 1. The molecule has 0 radical (unpaired) electrons. The zero-order chi connectivity index (χ0) is 12.8. The molecule has 1 aromatic heterocycles. The molecule has 0 bridgehead atoms. The molecule has 6 heteroatoms. The summed E-state index contributed by atoms with van der Waals surface area (Å²) in [4.78, 5) is 8.69. The lowest BCUT2D eigenvalue weighted by atomic mass is 10.4. The third kappa shape index (κ3) is 4.73. The van der Waals surface area contributed by atoms with E-state index < -0.39 is 0 Å². The highest BCUT2D eigenvalue weighted by Crippen LogP contribution is 2.26. The quantitative estimate of drug-likeness (QED) is 0.732. The van der Waals surface area contributed by atoms with Crippen molar-refractivity contribution in [2.24, 2.45) is 0 Å². The van der Waals surface area contributed by atoms with Gasteiger partial charge in [-0.3, -0.25) is 0 Å². The van der Waals surface area contributed by atoms with Gasteiger partial charge >= 0.3 is 0 Å². The van der Waals surface area contributed by atoms with Crippen LogP contribution in [0.4, 0.5) is 0 Å². The maximum atomic E-state index is 6.04. The van der Waals surface area contributed by atoms with Gasteiger partial charge in [0.15, 0.2) is 0 Å². The molecule has 96 valence electrons. The van der Waals surface area contributed by atoms with Crippen molar-refractivity contribution in [2.75, 3.05) is 7.11 Å². The van der Waals surface area contributed by atoms with Crippen molar-refractivity contribution in [3.63, 3.8) is 0 Å². The Morgan fingerprint density at radius 2 is 2.18 bits per heavy atom. The van der Waals surface area contributed by atoms with Crippen molar-refractivity contribution in [3.8, 4) is 0 Å². The number of nitrogens with zero attached hydrogens (tertiary/aromatic N) is 2. The Labute approximate surface area is 120 Å². The molecule has 0 N–H and O–H groups in total. The van der Waals surface area contributed by atoms with Crippen LogP contribution < -0.4 is 0 Å². The highest BCUT2D eigenvalue weighted by molar-refractivity contribution is 9.10. The van der Waals surface area contributed by atoms with Crippen LogP contribution in [0.3, 0.4) is 0 Å². The van der Waals surface area contributed by atoms with Crippen LogP contribution in [0.2, 0.25) is 5.15 Å². The fourth-order valence-corrected chi connectivity index (χ4v) is 2.44. The van der Waals surface area contributed by atoms with Gasteiger partial charge in [0.25, 0.3) is 0 Å². The molecule has 1 rings (SSSR count). The molecule has 1 unspecified atom stereocenters. The Balaban J connectivity index is 2.79. The van der Waals surface area contributed by atoms with Crippen LogP contribution >= 0.6 is 39.3 Å². The van der Waals surface area contributed by atoms with E-state index in [4.69, 9.17) is 16.3 Å². The zero-order valence-electron chi connectivity index (χ0n) is 10.2. The molecule has 3 nitrogen and oxygen atoms in total. The maximum Gasteiger partial charge on any atom is 0.147 e. The second-order valence-corrected chi connectivity index (χ2v) is 6.23. The largest absolute Gasteiger partial charge is 0.378 e. The predicted molar refractivity (Wildman–Crippen MR) is 76.5 cm³/mol. The minimum atomic E-state index is 0.434. The lowest BCUT2D eigenvalue weighted by Gasteiger charge is -2.10. The first kappa shape index (κ1) is 15.2. The molecule has 1 aromatic rings. The number of aromatic nitrogens is 2. The van der Waals surface area contributed by atoms with Crippen molar-refractivity contribution < 1.29 is 4.74 Å². The van der Waals surface area contributed by atoms with Crippen LogP contribution in [0.1, 0.15) is 31.8 Å². The third-order valence-corrected chi connectivity index (χ3v) is 4.94. The van der Waals surface area contributed by atoms with Crippen LogP contribution in [-0.4, -0.2) is 22.3 Å². The van der Waals surface area contributed by atoms with E-state index in [-0.39, 0.29) is 0 Å². The number of thioether (sulfide) groups is 1. The second-order valence-electron chi connectivity index (χ2n) is 3.65. The summed E-state index contributed by atoms with van der Waals surface area (Å²) in [5.74, 6) is 1.54. The Morgan fingerprint density at radius 3 is 2.76 bits per heavy atom. The van der Waals surface area contributed by atoms with E-state index in [9.17, 15) is 0 Å². The number of hydrogen-bond acceptors (Lipinski definition) is 4. The Kier molecular flexibility index (Phi) is 6.77. The van der Waals surface area contributed by atoms with E-state index in [0.717, 1.165) is 28.2 Å². The summed E-state index contributed by atoms with van der Waals surface area (Å²) in [6.45, 7) is 4.80. The number of rotatable bonds is 6. The van der Waals surface area contributed by atoms with E-state index in [0.29, 0.717) is 17.0 Å². The predicted octanol–water partition coefficient (Wildman–Crippen LogP) is 4.07. The SMILES string of the molecule is CCC(C)SCc1nc(Cl)c(Br)c(COC)n1. The van der Waals surface area contributed by atoms with Crippen LogP contribution in [-0.2, 0) is 17.1 Å². The summed E-state index contributed by atoms with van der Waals surface area (Å²) in [5.41, 5.74) is 0.798. The summed E-state index contributed by atoms with van der Waals surface area (Å²) in [6.07, 6.45) is 1.14. The topological polar surface area (TPSA) is 35.0 Å². The Hall–Kier alpha value is 0.160. The monoisotopic (exact) mass is 338 g/mol. The van der Waals surface area contributed by atoms with E-state index in [2.05, 4.69) is 39.7 Å². The lowest BCUT2D eigenvalue weighted by Crippen LogP contribution is -2.03. The highest BCUT2D eigenvalue weighted by atomic mass is 79.9. The first-order valence-corrected chi connectivity index (χ1v) is 7.61. The van der Waals surface area contributed by atoms with Gasteiger partial charge in [0.05, 0.1) is 22.5 Å². The number of methoxy groups -OCH3 is 1. The van der Waals surface area contributed by atoms with E-state index in [1.807, 2.05) is 11.8 Å². The fourth-order valence-electron chi connectivity index (χ4n) is 1.14. The fraction of sp³-hybridized carbons (Fsp3) is 0.636. The average Bonchev–Trinajstić information content (AvgIpc) is 2.32. The average molecular weight is 340 g/mol. The van der Waals surface area contributed by atoms with Gasteiger partial charge < -0.3 is 4.74 Å². The summed E-state index contributed by atoms with van der Waals surface area (Å²) in [7, 11) is 1.63. The first-order chi connectivity index (χ1) is 8.08. The molecule has 0 saturated carbocycles. The normalized spacial score (nSPS) is 12.8. The molecule has 0 saturated heterocycles. The molecule has 0 aromatic carbocycles. The first-order valence-electron chi connectivity index (χ1n) is 5.39. The highest BCUT2D eigenvalue weighted by Gasteiger charge is 2.11. The van der Waals surface area contributed by atoms with Gasteiger partial charge in [-0.1, -0.05) is 25.4 Å². The molecule has 0 aliphatic rings. The summed E-state index contributed by atoms with van der Waals surface area (Å²) < 4.78 is 5.80. The molecule has 0 aliphatic heterocycles. The van der Waals surface area contributed by atoms with Gasteiger partial charge in [-0.2, -0.15) is 11.8 Å². The van der Waals surface area contributed by atoms with Crippen LogP contribution in [0.25, 0.3) is 0 Å². The van der Waals surface area contributed by atoms with E-state index >= 15 is 0 Å². The molecule has 0 spiro atoms. The van der Waals surface area contributed by atoms with Crippen molar-refractivity contribution in [2.45, 2.75) is 37.9 Å². The molecule has 1 heterocycles. The van der Waals surface area contributed by atoms with Gasteiger partial charge in [-0.15, -0.1) is 0 Å². The molecule has 0 amide bonds. The van der Waals surface area contributed by atoms with Gasteiger partial charge in [-0.05, 0) is 22.4 Å². The summed E-state index contributed by atoms with van der Waals surface area (Å²) in [5, 5.41) is 1.05. The third-order valence-electron chi connectivity index (χ3n) is 2.28. The van der Waals surface area contributed by atoms with E-state index in [1.54, 1.807) is 7.11 Å². The van der Waals surface area contributed by atoms with Gasteiger partial charge in [0, 0.05) is 12.4 Å². The summed E-state index contributed by atoms with van der Waals surface area (Å²) >= 11 is 11.2. The molecule has 1 atom stereocenters. The molecular formula is C11H16BrClN2OS. The van der Waals surface area contributed by atoms with Crippen molar-refractivity contribution >= 4 is 39.3 Å². The van der Waals surface area contributed by atoms with Gasteiger partial charge in [0.1, 0.15) is 11.0 Å². The Morgan fingerprint density at radius 1 is 1.47 bits per heavy atom. The standard InChI is InChI=1S/C11H16BrClN2OS/c1-4-7(2)17-6-9-14-8(5-16-3)10(12)11(13)15-9/h7H,4-6H2,1-3H3. The van der Waals surface area contributed by atoms with Crippen molar-refractivity contribution in [3.05, 3.63) is 21.1 Å². The van der Waals surface area contributed by atoms with Gasteiger partial charge in [-0.25, -0.2) is 9.97 Å². The number of halogens is 2. The minimum absolute atomic E-state index is 0.434. The van der Waals surface area contributed by atoms with Crippen molar-refractivity contribution in [1.82, 2.24) is 9.97 Å². The maximum absolute atomic E-state index is 6.04. The molecular weight excluding hydrogens is 324 g/mol. The summed E-state index contributed by atoms with van der Waals surface area (Å²) in [6, 6.07) is 0. The lowest BCUT2D eigenvalue weighted by molar-refractivity contribution is 0.180.